The lowest BCUT2D eigenvalue weighted by Crippen LogP contribution is -2.38. The fraction of sp³-hybridized carbons (Fsp3) is 0.647. The van der Waals surface area contributed by atoms with Crippen LogP contribution >= 0.6 is 0 Å². The Bertz CT molecular complexity index is 398. The van der Waals surface area contributed by atoms with E-state index in [1.54, 1.807) is 0 Å². The largest absolute Gasteiger partial charge is 0.372 e. The van der Waals surface area contributed by atoms with Crippen LogP contribution in [0, 0.1) is 0 Å². The monoisotopic (exact) mass is 258 g/mol. The Morgan fingerprint density at radius 2 is 1.37 bits per heavy atom. The van der Waals surface area contributed by atoms with Crippen LogP contribution < -0.4 is 10.6 Å². The van der Waals surface area contributed by atoms with E-state index < -0.39 is 0 Å². The van der Waals surface area contributed by atoms with E-state index in [2.05, 4.69) is 29.2 Å². The van der Waals surface area contributed by atoms with Gasteiger partial charge in [0.25, 0.3) is 0 Å². The summed E-state index contributed by atoms with van der Waals surface area (Å²) in [6.07, 6.45) is 10.3. The topological polar surface area (TPSA) is 29.3 Å². The van der Waals surface area contributed by atoms with Gasteiger partial charge in [0.15, 0.2) is 0 Å². The number of rotatable bonds is 2. The first kappa shape index (κ1) is 13.0. The van der Waals surface area contributed by atoms with Crippen LogP contribution in [0.25, 0.3) is 0 Å². The average Bonchev–Trinajstić information content (AvgIpc) is 2.49. The van der Waals surface area contributed by atoms with Gasteiger partial charge in [-0.1, -0.05) is 31.4 Å². The van der Waals surface area contributed by atoms with E-state index in [0.29, 0.717) is 0 Å². The standard InChI is InChI=1S/C17H26N2/c18-17(11-3-1-4-12-17)15-7-9-16(10-8-15)19-13-5-2-6-14-19/h7-10H,1-6,11-14,18H2. The van der Waals surface area contributed by atoms with Gasteiger partial charge in [0.05, 0.1) is 0 Å². The zero-order valence-electron chi connectivity index (χ0n) is 11.9. The van der Waals surface area contributed by atoms with Crippen molar-refractivity contribution < 1.29 is 0 Å². The second-order valence-corrected chi connectivity index (χ2v) is 6.31. The fourth-order valence-corrected chi connectivity index (χ4v) is 3.63. The molecule has 2 nitrogen and oxygen atoms in total. The molecular formula is C17H26N2. The van der Waals surface area contributed by atoms with Crippen molar-refractivity contribution >= 4 is 5.69 Å². The van der Waals surface area contributed by atoms with Gasteiger partial charge in [-0.3, -0.25) is 0 Å². The van der Waals surface area contributed by atoms with Crippen LogP contribution in [0.4, 0.5) is 5.69 Å². The third kappa shape index (κ3) is 2.79. The third-order valence-corrected chi connectivity index (χ3v) is 4.91. The molecule has 1 aromatic rings. The third-order valence-electron chi connectivity index (χ3n) is 4.91. The molecule has 3 rings (SSSR count). The molecule has 0 spiro atoms. The minimum absolute atomic E-state index is 0.0569. The van der Waals surface area contributed by atoms with Crippen molar-refractivity contribution in [2.45, 2.75) is 56.9 Å². The second-order valence-electron chi connectivity index (χ2n) is 6.31. The zero-order valence-corrected chi connectivity index (χ0v) is 11.9. The Labute approximate surface area is 117 Å². The zero-order chi connectivity index (χ0) is 13.1. The normalized spacial score (nSPS) is 23.3. The van der Waals surface area contributed by atoms with Crippen LogP contribution in [0.5, 0.6) is 0 Å². The Morgan fingerprint density at radius 1 is 0.789 bits per heavy atom. The van der Waals surface area contributed by atoms with Gasteiger partial charge < -0.3 is 10.6 Å². The molecule has 2 heteroatoms. The molecule has 1 aromatic carbocycles. The molecule has 0 bridgehead atoms. The predicted molar refractivity (Wildman–Crippen MR) is 81.5 cm³/mol. The van der Waals surface area contributed by atoms with Gasteiger partial charge in [-0.05, 0) is 49.8 Å². The molecule has 2 fully saturated rings. The fourth-order valence-electron chi connectivity index (χ4n) is 3.63. The minimum Gasteiger partial charge on any atom is -0.372 e. The second kappa shape index (κ2) is 5.54. The molecule has 1 aliphatic carbocycles. The Kier molecular flexibility index (Phi) is 3.79. The summed E-state index contributed by atoms with van der Waals surface area (Å²) in [7, 11) is 0. The van der Waals surface area contributed by atoms with E-state index in [1.807, 2.05) is 0 Å². The molecule has 19 heavy (non-hydrogen) atoms. The molecule has 1 saturated heterocycles. The summed E-state index contributed by atoms with van der Waals surface area (Å²) in [5.74, 6) is 0. The van der Waals surface area contributed by atoms with Gasteiger partial charge in [0, 0.05) is 24.3 Å². The van der Waals surface area contributed by atoms with E-state index in [4.69, 9.17) is 5.73 Å². The van der Waals surface area contributed by atoms with Gasteiger partial charge in [0.1, 0.15) is 0 Å². The molecule has 104 valence electrons. The molecule has 0 radical (unpaired) electrons. The van der Waals surface area contributed by atoms with Crippen LogP contribution in [-0.2, 0) is 5.54 Å². The lowest BCUT2D eigenvalue weighted by molar-refractivity contribution is 0.302. The summed E-state index contributed by atoms with van der Waals surface area (Å²) >= 11 is 0. The molecule has 0 unspecified atom stereocenters. The van der Waals surface area contributed by atoms with Crippen LogP contribution in [0.3, 0.4) is 0 Å². The molecular weight excluding hydrogens is 232 g/mol. The summed E-state index contributed by atoms with van der Waals surface area (Å²) in [6, 6.07) is 9.11. The highest BCUT2D eigenvalue weighted by molar-refractivity contribution is 5.49. The molecule has 1 aliphatic heterocycles. The number of nitrogens with two attached hydrogens (primary N) is 1. The quantitative estimate of drug-likeness (QED) is 0.874. The summed E-state index contributed by atoms with van der Waals surface area (Å²) in [5, 5.41) is 0. The maximum Gasteiger partial charge on any atom is 0.0409 e. The van der Waals surface area contributed by atoms with E-state index >= 15 is 0 Å². The molecule has 2 aliphatic rings. The van der Waals surface area contributed by atoms with Crippen molar-refractivity contribution in [3.63, 3.8) is 0 Å². The van der Waals surface area contributed by atoms with E-state index in [9.17, 15) is 0 Å². The summed E-state index contributed by atoms with van der Waals surface area (Å²) < 4.78 is 0. The molecule has 0 amide bonds. The van der Waals surface area contributed by atoms with Crippen LogP contribution in [0.1, 0.15) is 56.9 Å². The Morgan fingerprint density at radius 3 is 2.00 bits per heavy atom. The van der Waals surface area contributed by atoms with Gasteiger partial charge >= 0.3 is 0 Å². The maximum atomic E-state index is 6.60. The van der Waals surface area contributed by atoms with Crippen molar-refractivity contribution in [1.82, 2.24) is 0 Å². The van der Waals surface area contributed by atoms with Crippen molar-refractivity contribution in [2.24, 2.45) is 5.73 Å². The Hall–Kier alpha value is -1.02. The molecule has 1 heterocycles. The van der Waals surface area contributed by atoms with Crippen molar-refractivity contribution in [3.8, 4) is 0 Å². The lowest BCUT2D eigenvalue weighted by Gasteiger charge is -2.35. The van der Waals surface area contributed by atoms with Crippen molar-refractivity contribution in [1.29, 1.82) is 0 Å². The lowest BCUT2D eigenvalue weighted by atomic mass is 9.77. The van der Waals surface area contributed by atoms with E-state index in [-0.39, 0.29) is 5.54 Å². The highest BCUT2D eigenvalue weighted by atomic mass is 15.1. The molecule has 0 aromatic heterocycles. The first-order valence-corrected chi connectivity index (χ1v) is 7.92. The van der Waals surface area contributed by atoms with Gasteiger partial charge in [-0.2, -0.15) is 0 Å². The number of benzene rings is 1. The number of nitrogens with zero attached hydrogens (tertiary/aromatic N) is 1. The number of anilines is 1. The molecule has 1 saturated carbocycles. The van der Waals surface area contributed by atoms with Crippen LogP contribution in [0.15, 0.2) is 24.3 Å². The summed E-state index contributed by atoms with van der Waals surface area (Å²) in [4.78, 5) is 2.51. The minimum atomic E-state index is -0.0569. The smallest absolute Gasteiger partial charge is 0.0409 e. The number of piperidine rings is 1. The molecule has 2 N–H and O–H groups in total. The van der Waals surface area contributed by atoms with Gasteiger partial charge in [0.2, 0.25) is 0 Å². The van der Waals surface area contributed by atoms with Crippen molar-refractivity contribution in [3.05, 3.63) is 29.8 Å². The Balaban J connectivity index is 1.74. The van der Waals surface area contributed by atoms with Crippen molar-refractivity contribution in [2.75, 3.05) is 18.0 Å². The van der Waals surface area contributed by atoms with Crippen LogP contribution in [-0.4, -0.2) is 13.1 Å². The summed E-state index contributed by atoms with van der Waals surface area (Å²) in [6.45, 7) is 2.43. The number of hydrogen-bond donors (Lipinski definition) is 1. The SMILES string of the molecule is NC1(c2ccc(N3CCCCC3)cc2)CCCCC1. The van der Waals surface area contributed by atoms with Gasteiger partial charge in [-0.25, -0.2) is 0 Å². The molecule has 0 atom stereocenters. The van der Waals surface area contributed by atoms with Gasteiger partial charge in [-0.15, -0.1) is 0 Å². The highest BCUT2D eigenvalue weighted by Crippen LogP contribution is 2.35. The van der Waals surface area contributed by atoms with E-state index in [1.165, 1.54) is 62.9 Å². The number of hydrogen-bond acceptors (Lipinski definition) is 2. The van der Waals surface area contributed by atoms with Crippen LogP contribution in [0.2, 0.25) is 0 Å². The van der Waals surface area contributed by atoms with E-state index in [0.717, 1.165) is 12.8 Å². The maximum absolute atomic E-state index is 6.60. The predicted octanol–water partition coefficient (Wildman–Crippen LogP) is 3.80. The average molecular weight is 258 g/mol. The highest BCUT2D eigenvalue weighted by Gasteiger charge is 2.29. The summed E-state index contributed by atoms with van der Waals surface area (Å²) in [5.41, 5.74) is 9.26. The first-order chi connectivity index (χ1) is 9.28. The first-order valence-electron chi connectivity index (χ1n) is 7.92.